The summed E-state index contributed by atoms with van der Waals surface area (Å²) in [6.45, 7) is 9.42. The molecule has 0 aliphatic carbocycles. The summed E-state index contributed by atoms with van der Waals surface area (Å²) in [6, 6.07) is 17.1. The normalized spacial score (nSPS) is 19.9. The summed E-state index contributed by atoms with van der Waals surface area (Å²) in [4.78, 5) is 26.6. The van der Waals surface area contributed by atoms with Crippen LogP contribution < -0.4 is 0 Å². The molecule has 34 heavy (non-hydrogen) atoms. The standard InChI is InChI=1S/C28H35NO5/c1-27(2,3)34-26(31)29-23(24(33-28(29,4)5)21-13-8-7-9-14-21)15-11-10-12-20-16-18-22(19-17-20)25(30)32-6/h7-10,12-14,16-19,23-24H,11,15H2,1-6H3/b12-10+. The molecule has 2 unspecified atom stereocenters. The predicted molar refractivity (Wildman–Crippen MR) is 132 cm³/mol. The molecule has 6 heteroatoms. The molecular formula is C28H35NO5. The summed E-state index contributed by atoms with van der Waals surface area (Å²) in [5, 5.41) is 0. The molecule has 182 valence electrons. The van der Waals surface area contributed by atoms with E-state index < -0.39 is 11.3 Å². The van der Waals surface area contributed by atoms with Gasteiger partial charge in [-0.25, -0.2) is 9.59 Å². The SMILES string of the molecule is COC(=O)c1ccc(/C=C/CCC2C(c3ccccc3)OC(C)(C)N2C(=O)OC(C)(C)C)cc1. The maximum Gasteiger partial charge on any atom is 0.412 e. The van der Waals surface area contributed by atoms with Crippen LogP contribution in [-0.2, 0) is 14.2 Å². The molecule has 2 aromatic rings. The Balaban J connectivity index is 1.78. The van der Waals surface area contributed by atoms with Crippen molar-refractivity contribution < 1.29 is 23.8 Å². The molecule has 0 bridgehead atoms. The fourth-order valence-corrected chi connectivity index (χ4v) is 4.20. The predicted octanol–water partition coefficient (Wildman–Crippen LogP) is 6.38. The highest BCUT2D eigenvalue weighted by Gasteiger charge is 2.51. The Kier molecular flexibility index (Phi) is 7.82. The van der Waals surface area contributed by atoms with Crippen molar-refractivity contribution in [1.29, 1.82) is 0 Å². The number of hydrogen-bond donors (Lipinski definition) is 0. The van der Waals surface area contributed by atoms with Crippen LogP contribution in [0.15, 0.2) is 60.7 Å². The topological polar surface area (TPSA) is 65.1 Å². The molecule has 1 aliphatic heterocycles. The van der Waals surface area contributed by atoms with Gasteiger partial charge in [0.1, 0.15) is 17.4 Å². The van der Waals surface area contributed by atoms with Crippen LogP contribution in [0.5, 0.6) is 0 Å². The number of methoxy groups -OCH3 is 1. The number of allylic oxidation sites excluding steroid dienone is 1. The van der Waals surface area contributed by atoms with E-state index in [-0.39, 0.29) is 24.2 Å². The van der Waals surface area contributed by atoms with Crippen LogP contribution in [0.2, 0.25) is 0 Å². The number of amides is 1. The highest BCUT2D eigenvalue weighted by molar-refractivity contribution is 5.89. The first kappa shape index (κ1) is 25.5. The van der Waals surface area contributed by atoms with Crippen molar-refractivity contribution in [2.75, 3.05) is 7.11 Å². The van der Waals surface area contributed by atoms with Crippen molar-refractivity contribution in [3.8, 4) is 0 Å². The van der Waals surface area contributed by atoms with Gasteiger partial charge in [0.25, 0.3) is 0 Å². The average molecular weight is 466 g/mol. The molecule has 1 heterocycles. The van der Waals surface area contributed by atoms with Gasteiger partial charge >= 0.3 is 12.1 Å². The number of benzene rings is 2. The molecule has 6 nitrogen and oxygen atoms in total. The second-order valence-corrected chi connectivity index (χ2v) is 9.91. The van der Waals surface area contributed by atoms with Gasteiger partial charge in [-0.2, -0.15) is 0 Å². The summed E-state index contributed by atoms with van der Waals surface area (Å²) in [6.07, 6.45) is 4.91. The molecule has 0 spiro atoms. The number of carbonyl (C=O) groups excluding carboxylic acids is 2. The van der Waals surface area contributed by atoms with E-state index >= 15 is 0 Å². The third-order valence-electron chi connectivity index (χ3n) is 5.67. The fraction of sp³-hybridized carbons (Fsp3) is 0.429. The number of ether oxygens (including phenoxy) is 3. The van der Waals surface area contributed by atoms with Crippen molar-refractivity contribution in [3.05, 3.63) is 77.4 Å². The van der Waals surface area contributed by atoms with Crippen LogP contribution in [0, 0.1) is 0 Å². The maximum atomic E-state index is 13.2. The van der Waals surface area contributed by atoms with E-state index in [1.165, 1.54) is 7.11 Å². The zero-order valence-corrected chi connectivity index (χ0v) is 20.9. The molecule has 0 aromatic heterocycles. The Labute approximate surface area is 202 Å². The van der Waals surface area contributed by atoms with Crippen LogP contribution in [0.3, 0.4) is 0 Å². The molecule has 1 aliphatic rings. The maximum absolute atomic E-state index is 13.2. The summed E-state index contributed by atoms with van der Waals surface area (Å²) in [5.74, 6) is -0.353. The van der Waals surface area contributed by atoms with Gasteiger partial charge in [0.2, 0.25) is 0 Å². The van der Waals surface area contributed by atoms with Crippen LogP contribution >= 0.6 is 0 Å². The quantitative estimate of drug-likeness (QED) is 0.463. The minimum Gasteiger partial charge on any atom is -0.465 e. The lowest BCUT2D eigenvalue weighted by atomic mass is 9.97. The van der Waals surface area contributed by atoms with Crippen molar-refractivity contribution in [1.82, 2.24) is 4.90 Å². The van der Waals surface area contributed by atoms with Crippen LogP contribution in [-0.4, -0.2) is 41.4 Å². The first-order chi connectivity index (χ1) is 16.0. The van der Waals surface area contributed by atoms with Crippen molar-refractivity contribution in [3.63, 3.8) is 0 Å². The number of nitrogens with zero attached hydrogens (tertiary/aromatic N) is 1. The summed E-state index contributed by atoms with van der Waals surface area (Å²) >= 11 is 0. The lowest BCUT2D eigenvalue weighted by Crippen LogP contribution is -2.49. The first-order valence-corrected chi connectivity index (χ1v) is 11.6. The highest BCUT2D eigenvalue weighted by Crippen LogP contribution is 2.43. The zero-order valence-electron chi connectivity index (χ0n) is 20.9. The Morgan fingerprint density at radius 1 is 1.06 bits per heavy atom. The molecule has 3 rings (SSSR count). The molecule has 1 saturated heterocycles. The minimum atomic E-state index is -0.805. The molecule has 1 amide bonds. The van der Waals surface area contributed by atoms with Crippen LogP contribution in [0.4, 0.5) is 4.79 Å². The van der Waals surface area contributed by atoms with E-state index in [0.717, 1.165) is 17.5 Å². The zero-order chi connectivity index (χ0) is 24.9. The van der Waals surface area contributed by atoms with E-state index in [9.17, 15) is 9.59 Å². The van der Waals surface area contributed by atoms with Crippen LogP contribution in [0.25, 0.3) is 6.08 Å². The summed E-state index contributed by atoms with van der Waals surface area (Å²) < 4.78 is 16.9. The van der Waals surface area contributed by atoms with Gasteiger partial charge < -0.3 is 14.2 Å². The number of esters is 1. The van der Waals surface area contributed by atoms with E-state index in [2.05, 4.69) is 6.08 Å². The van der Waals surface area contributed by atoms with Gasteiger partial charge in [-0.1, -0.05) is 54.6 Å². The Bertz CT molecular complexity index is 1010. The molecule has 0 saturated carbocycles. The van der Waals surface area contributed by atoms with Crippen LogP contribution in [0.1, 0.15) is 75.0 Å². The second-order valence-electron chi connectivity index (χ2n) is 9.91. The second kappa shape index (κ2) is 10.4. The van der Waals surface area contributed by atoms with Gasteiger partial charge in [0, 0.05) is 0 Å². The molecule has 1 fully saturated rings. The largest absolute Gasteiger partial charge is 0.465 e. The van der Waals surface area contributed by atoms with Crippen molar-refractivity contribution in [2.45, 2.75) is 70.9 Å². The average Bonchev–Trinajstić information content (AvgIpc) is 3.06. The van der Waals surface area contributed by atoms with Gasteiger partial charge in [0.15, 0.2) is 0 Å². The Morgan fingerprint density at radius 3 is 2.29 bits per heavy atom. The lowest BCUT2D eigenvalue weighted by molar-refractivity contribution is -0.0796. The molecule has 2 aromatic carbocycles. The number of carbonyl (C=O) groups is 2. The smallest absolute Gasteiger partial charge is 0.412 e. The van der Waals surface area contributed by atoms with E-state index in [1.54, 1.807) is 17.0 Å². The minimum absolute atomic E-state index is 0.182. The van der Waals surface area contributed by atoms with Gasteiger partial charge in [-0.05, 0) is 70.7 Å². The van der Waals surface area contributed by atoms with E-state index in [4.69, 9.17) is 14.2 Å². The molecule has 0 N–H and O–H groups in total. The molecule has 2 atom stereocenters. The van der Waals surface area contributed by atoms with Gasteiger partial charge in [-0.15, -0.1) is 0 Å². The lowest BCUT2D eigenvalue weighted by Gasteiger charge is -2.35. The highest BCUT2D eigenvalue weighted by atomic mass is 16.6. The summed E-state index contributed by atoms with van der Waals surface area (Å²) in [7, 11) is 1.37. The van der Waals surface area contributed by atoms with Crippen molar-refractivity contribution in [2.24, 2.45) is 0 Å². The Hall–Kier alpha value is -3.12. The third-order valence-corrected chi connectivity index (χ3v) is 5.67. The fourth-order valence-electron chi connectivity index (χ4n) is 4.20. The van der Waals surface area contributed by atoms with Crippen molar-refractivity contribution >= 4 is 18.1 Å². The summed E-state index contributed by atoms with van der Waals surface area (Å²) in [5.41, 5.74) is 1.14. The van der Waals surface area contributed by atoms with Gasteiger partial charge in [0.05, 0.1) is 18.7 Å². The molecular weight excluding hydrogens is 430 g/mol. The van der Waals surface area contributed by atoms with Gasteiger partial charge in [-0.3, -0.25) is 4.90 Å². The Morgan fingerprint density at radius 2 is 1.71 bits per heavy atom. The third kappa shape index (κ3) is 6.26. The number of hydrogen-bond acceptors (Lipinski definition) is 5. The molecule has 0 radical (unpaired) electrons. The monoisotopic (exact) mass is 465 g/mol. The van der Waals surface area contributed by atoms with E-state index in [1.807, 2.05) is 83.2 Å². The number of rotatable bonds is 6. The first-order valence-electron chi connectivity index (χ1n) is 11.6. The van der Waals surface area contributed by atoms with E-state index in [0.29, 0.717) is 12.0 Å².